The zero-order valence-electron chi connectivity index (χ0n) is 19.9. The number of hydrogen-bond acceptors (Lipinski definition) is 5. The van der Waals surface area contributed by atoms with Crippen LogP contribution >= 0.6 is 0 Å². The van der Waals surface area contributed by atoms with Gasteiger partial charge in [-0.1, -0.05) is 0 Å². The van der Waals surface area contributed by atoms with Crippen molar-refractivity contribution < 1.29 is 41.0 Å². The highest BCUT2D eigenvalue weighted by molar-refractivity contribution is 5.79. The van der Waals surface area contributed by atoms with Crippen molar-refractivity contribution in [2.45, 2.75) is 49.6 Å². The average Bonchev–Trinajstić information content (AvgIpc) is 2.76. The first-order valence-electron chi connectivity index (χ1n) is 12.4. The van der Waals surface area contributed by atoms with Gasteiger partial charge in [0.15, 0.2) is 0 Å². The molecule has 4 saturated heterocycles. The van der Waals surface area contributed by atoms with Gasteiger partial charge < -0.3 is 29.5 Å². The predicted octanol–water partition coefficient (Wildman–Crippen LogP) is 2.71. The van der Waals surface area contributed by atoms with E-state index in [1.807, 2.05) is 0 Å². The molecule has 1 N–H and O–H groups in total. The van der Waals surface area contributed by atoms with E-state index in [1.54, 1.807) is 9.80 Å². The number of piperidine rings is 1. The summed E-state index contributed by atoms with van der Waals surface area (Å²) in [6.07, 6.45) is -5.04. The third kappa shape index (κ3) is 4.55. The van der Waals surface area contributed by atoms with E-state index in [0.29, 0.717) is 19.5 Å². The van der Waals surface area contributed by atoms with Crippen LogP contribution in [0.2, 0.25) is 0 Å². The normalized spacial score (nSPS) is 28.6. The molecule has 202 valence electrons. The van der Waals surface area contributed by atoms with Crippen LogP contribution in [-0.2, 0) is 15.7 Å². The number of rotatable bonds is 3. The Hall–Kier alpha value is -2.83. The minimum Gasteiger partial charge on any atom is -0.487 e. The lowest BCUT2D eigenvalue weighted by Gasteiger charge is -2.59. The van der Waals surface area contributed by atoms with Crippen LogP contribution in [0.3, 0.4) is 0 Å². The third-order valence-electron chi connectivity index (χ3n) is 7.95. The third-order valence-corrected chi connectivity index (χ3v) is 7.95. The Bertz CT molecular complexity index is 1090. The quantitative estimate of drug-likeness (QED) is 0.609. The molecule has 0 aromatic heterocycles. The number of likely N-dealkylation sites (tertiary alicyclic amines) is 2. The molecule has 8 nitrogen and oxygen atoms in total. The van der Waals surface area contributed by atoms with E-state index in [1.165, 1.54) is 17.0 Å². The summed E-state index contributed by atoms with van der Waals surface area (Å²) >= 11 is 0. The highest BCUT2D eigenvalue weighted by atomic mass is 19.4. The zero-order chi connectivity index (χ0) is 26.2. The molecule has 1 spiro atoms. The Morgan fingerprint density at radius 3 is 2.51 bits per heavy atom. The molecule has 2 atom stereocenters. The number of morpholine rings is 1. The molecule has 3 amide bonds. The van der Waals surface area contributed by atoms with Gasteiger partial charge in [-0.3, -0.25) is 4.79 Å². The molecule has 0 unspecified atom stereocenters. The SMILES string of the molecule is O=C1CO[C@H]2CCN(C(=O)N3CC(Oc4ccc(C(F)(F)F)c(N5CC6(C5)CC(F)(F)C6)c4)C3)C[C@H]2N1. The van der Waals surface area contributed by atoms with E-state index in [4.69, 9.17) is 9.47 Å². The number of anilines is 1. The number of nitrogens with zero attached hydrogens (tertiary/aromatic N) is 3. The number of amides is 3. The maximum atomic E-state index is 13.6. The van der Waals surface area contributed by atoms with E-state index < -0.39 is 23.1 Å². The number of fused-ring (bicyclic) bond motifs is 1. The maximum absolute atomic E-state index is 13.6. The fourth-order valence-electron chi connectivity index (χ4n) is 6.22. The molecule has 0 bridgehead atoms. The number of benzene rings is 1. The summed E-state index contributed by atoms with van der Waals surface area (Å²) in [5.41, 5.74) is -1.51. The number of alkyl halides is 5. The van der Waals surface area contributed by atoms with Gasteiger partial charge in [-0.05, 0) is 18.6 Å². The molecule has 0 radical (unpaired) electrons. The fourth-order valence-corrected chi connectivity index (χ4v) is 6.22. The maximum Gasteiger partial charge on any atom is 0.418 e. The number of halogens is 5. The first-order chi connectivity index (χ1) is 17.4. The van der Waals surface area contributed by atoms with Crippen molar-refractivity contribution in [1.82, 2.24) is 15.1 Å². The number of carbonyl (C=O) groups is 2. The molecule has 5 fully saturated rings. The number of hydrogen-bond donors (Lipinski definition) is 1. The van der Waals surface area contributed by atoms with Crippen LogP contribution < -0.4 is 15.0 Å². The molecule has 4 heterocycles. The minimum absolute atomic E-state index is 0.0283. The highest BCUT2D eigenvalue weighted by Gasteiger charge is 2.62. The first-order valence-corrected chi connectivity index (χ1v) is 12.4. The van der Waals surface area contributed by atoms with Crippen LogP contribution in [0.4, 0.5) is 32.4 Å². The van der Waals surface area contributed by atoms with Crippen LogP contribution in [0.25, 0.3) is 0 Å². The van der Waals surface area contributed by atoms with Gasteiger partial charge in [0.1, 0.15) is 18.5 Å². The fraction of sp³-hybridized carbons (Fsp3) is 0.667. The average molecular weight is 530 g/mol. The van der Waals surface area contributed by atoms with E-state index in [2.05, 4.69) is 5.32 Å². The summed E-state index contributed by atoms with van der Waals surface area (Å²) in [6, 6.07) is 3.09. The van der Waals surface area contributed by atoms with Gasteiger partial charge in [0.2, 0.25) is 11.8 Å². The summed E-state index contributed by atoms with van der Waals surface area (Å²) in [5, 5.41) is 2.85. The van der Waals surface area contributed by atoms with Crippen molar-refractivity contribution in [3.05, 3.63) is 23.8 Å². The van der Waals surface area contributed by atoms with Gasteiger partial charge in [0.05, 0.1) is 36.5 Å². The van der Waals surface area contributed by atoms with E-state index in [-0.39, 0.29) is 87.3 Å². The second-order valence-electron chi connectivity index (χ2n) is 10.9. The highest BCUT2D eigenvalue weighted by Crippen LogP contribution is 2.58. The molecule has 6 rings (SSSR count). The van der Waals surface area contributed by atoms with Crippen LogP contribution in [-0.4, -0.2) is 91.8 Å². The smallest absolute Gasteiger partial charge is 0.418 e. The summed E-state index contributed by atoms with van der Waals surface area (Å²) in [5.74, 6) is -2.70. The Labute approximate surface area is 209 Å². The summed E-state index contributed by atoms with van der Waals surface area (Å²) in [7, 11) is 0. The Kier molecular flexibility index (Phi) is 5.52. The van der Waals surface area contributed by atoms with E-state index in [9.17, 15) is 31.5 Å². The molecule has 4 aliphatic heterocycles. The van der Waals surface area contributed by atoms with Crippen LogP contribution in [0, 0.1) is 5.41 Å². The van der Waals surface area contributed by atoms with Crippen LogP contribution in [0.1, 0.15) is 24.8 Å². The molecule has 1 aromatic carbocycles. The molecular formula is C24H27F5N4O4. The number of urea groups is 1. The monoisotopic (exact) mass is 530 g/mol. The molecule has 1 aliphatic carbocycles. The second kappa shape index (κ2) is 8.34. The van der Waals surface area contributed by atoms with Crippen LogP contribution in [0.15, 0.2) is 18.2 Å². The van der Waals surface area contributed by atoms with Crippen molar-refractivity contribution in [2.75, 3.05) is 50.8 Å². The van der Waals surface area contributed by atoms with Gasteiger partial charge in [0, 0.05) is 50.5 Å². The molecular weight excluding hydrogens is 503 g/mol. The van der Waals surface area contributed by atoms with Crippen molar-refractivity contribution >= 4 is 17.6 Å². The topological polar surface area (TPSA) is 74.3 Å². The van der Waals surface area contributed by atoms with Gasteiger partial charge in [-0.2, -0.15) is 13.2 Å². The van der Waals surface area contributed by atoms with Crippen LogP contribution in [0.5, 0.6) is 5.75 Å². The molecule has 13 heteroatoms. The van der Waals surface area contributed by atoms with Gasteiger partial charge in [-0.15, -0.1) is 0 Å². The van der Waals surface area contributed by atoms with Crippen molar-refractivity contribution in [3.63, 3.8) is 0 Å². The second-order valence-corrected chi connectivity index (χ2v) is 10.9. The Balaban J connectivity index is 1.06. The standard InChI is InChI=1S/C24H27F5N4O4/c25-23(26)10-22(11-23)12-33(13-22)18-5-14(1-2-16(18)24(27,28)29)37-15-6-32(7-15)21(35)31-4-3-19-17(8-31)30-20(34)9-36-19/h1-2,5,15,17,19H,3-4,6-13H2,(H,30,34)/t17-,19+/m1/s1. The van der Waals surface area contributed by atoms with E-state index in [0.717, 1.165) is 6.07 Å². The largest absolute Gasteiger partial charge is 0.487 e. The minimum atomic E-state index is -4.59. The summed E-state index contributed by atoms with van der Waals surface area (Å²) in [4.78, 5) is 29.2. The van der Waals surface area contributed by atoms with Gasteiger partial charge >= 0.3 is 12.2 Å². The number of carbonyl (C=O) groups excluding carboxylic acids is 2. The van der Waals surface area contributed by atoms with Gasteiger partial charge in [0.25, 0.3) is 0 Å². The zero-order valence-corrected chi connectivity index (χ0v) is 19.9. The van der Waals surface area contributed by atoms with E-state index >= 15 is 0 Å². The van der Waals surface area contributed by atoms with Crippen molar-refractivity contribution in [3.8, 4) is 5.75 Å². The molecule has 37 heavy (non-hydrogen) atoms. The number of ether oxygens (including phenoxy) is 2. The first kappa shape index (κ1) is 24.5. The van der Waals surface area contributed by atoms with Crippen molar-refractivity contribution in [1.29, 1.82) is 0 Å². The number of nitrogens with one attached hydrogen (secondary N) is 1. The van der Waals surface area contributed by atoms with Gasteiger partial charge in [-0.25, -0.2) is 13.6 Å². The molecule has 5 aliphatic rings. The summed E-state index contributed by atoms with van der Waals surface area (Å²) in [6.45, 7) is 1.76. The lowest BCUT2D eigenvalue weighted by atomic mass is 9.61. The predicted molar refractivity (Wildman–Crippen MR) is 120 cm³/mol. The Morgan fingerprint density at radius 1 is 1.11 bits per heavy atom. The van der Waals surface area contributed by atoms with Crippen molar-refractivity contribution in [2.24, 2.45) is 5.41 Å². The molecule has 1 saturated carbocycles. The lowest BCUT2D eigenvalue weighted by molar-refractivity contribution is -0.171. The Morgan fingerprint density at radius 2 is 1.84 bits per heavy atom. The lowest BCUT2D eigenvalue weighted by Crippen LogP contribution is -2.66. The summed E-state index contributed by atoms with van der Waals surface area (Å²) < 4.78 is 78.9. The molecule has 1 aromatic rings.